The highest BCUT2D eigenvalue weighted by Gasteiger charge is 2.45. The van der Waals surface area contributed by atoms with E-state index < -0.39 is 0 Å². The molecule has 3 nitrogen and oxygen atoms in total. The van der Waals surface area contributed by atoms with Crippen LogP contribution in [0.4, 0.5) is 0 Å². The Bertz CT molecular complexity index is 237. The fourth-order valence-corrected chi connectivity index (χ4v) is 2.30. The fourth-order valence-electron chi connectivity index (χ4n) is 2.30. The van der Waals surface area contributed by atoms with Gasteiger partial charge in [0.15, 0.2) is 0 Å². The number of ether oxygens (including phenoxy) is 1. The molecule has 0 aromatic carbocycles. The van der Waals surface area contributed by atoms with Gasteiger partial charge in [0.05, 0.1) is 6.10 Å². The third kappa shape index (κ3) is 1.26. The molecule has 2 heterocycles. The summed E-state index contributed by atoms with van der Waals surface area (Å²) in [6, 6.07) is 0. The molecule has 3 aliphatic rings. The van der Waals surface area contributed by atoms with Crippen molar-refractivity contribution >= 4 is 5.91 Å². The largest absolute Gasteiger partial charge is 0.368 e. The van der Waals surface area contributed by atoms with E-state index in [1.165, 1.54) is 6.42 Å². The number of carbonyl (C=O) groups is 1. The monoisotopic (exact) mass is 181 g/mol. The summed E-state index contributed by atoms with van der Waals surface area (Å²) in [5.74, 6) is 0.746. The van der Waals surface area contributed by atoms with Gasteiger partial charge in [-0.1, -0.05) is 6.42 Å². The molecular formula is C10H15NO2. The van der Waals surface area contributed by atoms with Crippen LogP contribution in [0.3, 0.4) is 0 Å². The number of nitrogens with zero attached hydrogens (tertiary/aromatic N) is 1. The topological polar surface area (TPSA) is 32.8 Å². The molecule has 0 radical (unpaired) electrons. The number of amides is 1. The molecule has 1 saturated carbocycles. The van der Waals surface area contributed by atoms with Crippen LogP contribution in [0.15, 0.2) is 0 Å². The Balaban J connectivity index is 1.60. The van der Waals surface area contributed by atoms with Gasteiger partial charge in [-0.3, -0.25) is 4.79 Å². The van der Waals surface area contributed by atoms with Crippen LogP contribution in [0.2, 0.25) is 0 Å². The molecule has 2 atom stereocenters. The van der Waals surface area contributed by atoms with E-state index in [0.717, 1.165) is 32.4 Å². The lowest BCUT2D eigenvalue weighted by atomic mass is 9.84. The van der Waals surface area contributed by atoms with Crippen molar-refractivity contribution in [3.63, 3.8) is 0 Å². The molecule has 0 spiro atoms. The number of carbonyl (C=O) groups excluding carboxylic acids is 1. The van der Waals surface area contributed by atoms with E-state index >= 15 is 0 Å². The van der Waals surface area contributed by atoms with E-state index in [9.17, 15) is 4.79 Å². The highest BCUT2D eigenvalue weighted by Crippen LogP contribution is 2.34. The third-order valence-corrected chi connectivity index (χ3v) is 3.54. The number of epoxide rings is 1. The van der Waals surface area contributed by atoms with Gasteiger partial charge in [-0.25, -0.2) is 0 Å². The molecule has 0 N–H and O–H groups in total. The van der Waals surface area contributed by atoms with Gasteiger partial charge in [0.2, 0.25) is 5.91 Å². The molecule has 0 aromatic heterocycles. The molecule has 13 heavy (non-hydrogen) atoms. The summed E-state index contributed by atoms with van der Waals surface area (Å²) in [6.07, 6.45) is 5.41. The zero-order valence-corrected chi connectivity index (χ0v) is 7.74. The third-order valence-electron chi connectivity index (χ3n) is 3.54. The minimum atomic E-state index is 0.357. The van der Waals surface area contributed by atoms with E-state index in [1.807, 2.05) is 4.90 Å². The average Bonchev–Trinajstić information content (AvgIpc) is 2.77. The Hall–Kier alpha value is -0.570. The van der Waals surface area contributed by atoms with Crippen LogP contribution in [-0.2, 0) is 9.53 Å². The van der Waals surface area contributed by atoms with E-state index in [2.05, 4.69) is 0 Å². The van der Waals surface area contributed by atoms with E-state index in [4.69, 9.17) is 4.74 Å². The molecule has 1 amide bonds. The molecule has 3 rings (SSSR count). The van der Waals surface area contributed by atoms with Crippen LogP contribution in [0.1, 0.15) is 25.7 Å². The van der Waals surface area contributed by atoms with Crippen LogP contribution in [0, 0.1) is 5.92 Å². The van der Waals surface area contributed by atoms with Crippen LogP contribution in [0.25, 0.3) is 0 Å². The van der Waals surface area contributed by atoms with E-state index in [0.29, 0.717) is 24.0 Å². The van der Waals surface area contributed by atoms with Crippen LogP contribution in [-0.4, -0.2) is 36.1 Å². The van der Waals surface area contributed by atoms with Gasteiger partial charge < -0.3 is 9.64 Å². The molecule has 0 unspecified atom stereocenters. The SMILES string of the molecule is O=C(C1CCC1)N1CC[C@@H]2O[C@@H]2C1. The predicted molar refractivity (Wildman–Crippen MR) is 47.2 cm³/mol. The lowest BCUT2D eigenvalue weighted by Gasteiger charge is -2.32. The van der Waals surface area contributed by atoms with Crippen LogP contribution >= 0.6 is 0 Å². The molecule has 2 aliphatic heterocycles. The van der Waals surface area contributed by atoms with Crippen LogP contribution < -0.4 is 0 Å². The summed E-state index contributed by atoms with van der Waals surface area (Å²) in [5.41, 5.74) is 0. The van der Waals surface area contributed by atoms with Crippen molar-refractivity contribution in [1.82, 2.24) is 4.90 Å². The fraction of sp³-hybridized carbons (Fsp3) is 0.900. The predicted octanol–water partition coefficient (Wildman–Crippen LogP) is 0.786. The highest BCUT2D eigenvalue weighted by molar-refractivity contribution is 5.79. The molecule has 3 heteroatoms. The maximum Gasteiger partial charge on any atom is 0.225 e. The standard InChI is InChI=1S/C10H15NO2/c12-10(7-2-1-3-7)11-5-4-8-9(6-11)13-8/h7-9H,1-6H2/t8-,9+/m0/s1. The Morgan fingerprint density at radius 2 is 2.08 bits per heavy atom. The lowest BCUT2D eigenvalue weighted by molar-refractivity contribution is -0.138. The summed E-state index contributed by atoms with van der Waals surface area (Å²) in [5, 5.41) is 0. The number of hydrogen-bond donors (Lipinski definition) is 0. The van der Waals surface area contributed by atoms with Crippen molar-refractivity contribution < 1.29 is 9.53 Å². The minimum absolute atomic E-state index is 0.357. The lowest BCUT2D eigenvalue weighted by Crippen LogP contribution is -2.44. The molecule has 72 valence electrons. The summed E-state index contributed by atoms with van der Waals surface area (Å²) >= 11 is 0. The molecule has 1 aliphatic carbocycles. The molecule has 0 aromatic rings. The van der Waals surface area contributed by atoms with E-state index in [-0.39, 0.29) is 0 Å². The summed E-state index contributed by atoms with van der Waals surface area (Å²) in [7, 11) is 0. The number of piperidine rings is 1. The first-order valence-corrected chi connectivity index (χ1v) is 5.29. The van der Waals surface area contributed by atoms with Gasteiger partial charge in [0.1, 0.15) is 6.10 Å². The van der Waals surface area contributed by atoms with Crippen molar-refractivity contribution in [3.05, 3.63) is 0 Å². The van der Waals surface area contributed by atoms with Crippen molar-refractivity contribution in [2.45, 2.75) is 37.9 Å². The zero-order valence-electron chi connectivity index (χ0n) is 7.74. The first-order valence-electron chi connectivity index (χ1n) is 5.29. The summed E-state index contributed by atoms with van der Waals surface area (Å²) in [6.45, 7) is 1.79. The highest BCUT2D eigenvalue weighted by atomic mass is 16.6. The summed E-state index contributed by atoms with van der Waals surface area (Å²) in [4.78, 5) is 13.8. The minimum Gasteiger partial charge on any atom is -0.368 e. The number of likely N-dealkylation sites (tertiary alicyclic amines) is 1. The Morgan fingerprint density at radius 1 is 1.23 bits per heavy atom. The average molecular weight is 181 g/mol. The second-order valence-corrected chi connectivity index (χ2v) is 4.41. The van der Waals surface area contributed by atoms with Crippen molar-refractivity contribution in [3.8, 4) is 0 Å². The second kappa shape index (κ2) is 2.71. The Kier molecular flexibility index (Phi) is 1.62. The zero-order chi connectivity index (χ0) is 8.84. The van der Waals surface area contributed by atoms with Crippen molar-refractivity contribution in [2.24, 2.45) is 5.92 Å². The van der Waals surface area contributed by atoms with E-state index in [1.54, 1.807) is 0 Å². The smallest absolute Gasteiger partial charge is 0.225 e. The molecule has 2 saturated heterocycles. The van der Waals surface area contributed by atoms with Gasteiger partial charge in [-0.2, -0.15) is 0 Å². The van der Waals surface area contributed by atoms with Gasteiger partial charge in [-0.15, -0.1) is 0 Å². The van der Waals surface area contributed by atoms with Crippen LogP contribution in [0.5, 0.6) is 0 Å². The molecular weight excluding hydrogens is 166 g/mol. The summed E-state index contributed by atoms with van der Waals surface area (Å²) < 4.78 is 5.40. The van der Waals surface area contributed by atoms with Crippen molar-refractivity contribution in [1.29, 1.82) is 0 Å². The first kappa shape index (κ1) is 7.80. The van der Waals surface area contributed by atoms with Gasteiger partial charge in [0.25, 0.3) is 0 Å². The first-order chi connectivity index (χ1) is 6.34. The Morgan fingerprint density at radius 3 is 2.69 bits per heavy atom. The van der Waals surface area contributed by atoms with Gasteiger partial charge in [0, 0.05) is 19.0 Å². The maximum atomic E-state index is 11.8. The van der Waals surface area contributed by atoms with Crippen molar-refractivity contribution in [2.75, 3.05) is 13.1 Å². The van der Waals surface area contributed by atoms with Gasteiger partial charge >= 0.3 is 0 Å². The number of rotatable bonds is 1. The quantitative estimate of drug-likeness (QED) is 0.560. The second-order valence-electron chi connectivity index (χ2n) is 4.41. The maximum absolute atomic E-state index is 11.8. The molecule has 3 fully saturated rings. The molecule has 0 bridgehead atoms. The van der Waals surface area contributed by atoms with Gasteiger partial charge in [-0.05, 0) is 19.3 Å². The Labute approximate surface area is 78.0 Å². The number of fused-ring (bicyclic) bond motifs is 1. The number of hydrogen-bond acceptors (Lipinski definition) is 2. The normalized spacial score (nSPS) is 38.0.